The van der Waals surface area contributed by atoms with Crippen molar-refractivity contribution in [3.8, 4) is 0 Å². The van der Waals surface area contributed by atoms with Gasteiger partial charge < -0.3 is 15.1 Å². The molecular formula is C20H24ClN3O. The van der Waals surface area contributed by atoms with E-state index in [1.54, 1.807) is 0 Å². The Kier molecular flexibility index (Phi) is 5.02. The topological polar surface area (TPSA) is 35.6 Å². The Balaban J connectivity index is 0.00000182. The second-order valence-electron chi connectivity index (χ2n) is 6.97. The number of hydrogen-bond acceptors (Lipinski definition) is 3. The third-order valence-corrected chi connectivity index (χ3v) is 5.58. The zero-order valence-corrected chi connectivity index (χ0v) is 15.3. The van der Waals surface area contributed by atoms with Crippen molar-refractivity contribution in [1.82, 2.24) is 4.90 Å². The predicted octanol–water partition coefficient (Wildman–Crippen LogP) is 3.79. The van der Waals surface area contributed by atoms with Crippen molar-refractivity contribution in [3.63, 3.8) is 0 Å². The van der Waals surface area contributed by atoms with Crippen LogP contribution in [-0.2, 0) is 10.2 Å². The molecule has 0 unspecified atom stereocenters. The number of likely N-dealkylation sites (tertiary alicyclic amines) is 1. The van der Waals surface area contributed by atoms with Gasteiger partial charge in [-0.15, -0.1) is 12.4 Å². The highest BCUT2D eigenvalue weighted by atomic mass is 35.5. The van der Waals surface area contributed by atoms with E-state index in [-0.39, 0.29) is 17.8 Å². The Morgan fingerprint density at radius 2 is 1.64 bits per heavy atom. The lowest BCUT2D eigenvalue weighted by molar-refractivity contribution is -0.105. The van der Waals surface area contributed by atoms with Crippen LogP contribution in [0.25, 0.3) is 0 Å². The molecule has 132 valence electrons. The van der Waals surface area contributed by atoms with Crippen LogP contribution in [0.4, 0.5) is 17.1 Å². The first-order chi connectivity index (χ1) is 11.7. The summed E-state index contributed by atoms with van der Waals surface area (Å²) in [7, 11) is 2.20. The van der Waals surface area contributed by atoms with Gasteiger partial charge in [-0.3, -0.25) is 4.79 Å². The van der Waals surface area contributed by atoms with Gasteiger partial charge >= 0.3 is 0 Å². The van der Waals surface area contributed by atoms with Crippen molar-refractivity contribution in [2.75, 3.05) is 36.9 Å². The van der Waals surface area contributed by atoms with Crippen molar-refractivity contribution >= 4 is 35.9 Å². The number of carbonyl (C=O) groups excluding carboxylic acids is 1. The Labute approximate surface area is 155 Å². The van der Waals surface area contributed by atoms with E-state index < -0.39 is 0 Å². The minimum absolute atomic E-state index is 0. The van der Waals surface area contributed by atoms with Crippen LogP contribution >= 0.6 is 12.4 Å². The van der Waals surface area contributed by atoms with Crippen LogP contribution in [0.5, 0.6) is 0 Å². The molecule has 0 bridgehead atoms. The summed E-state index contributed by atoms with van der Waals surface area (Å²) in [5.41, 5.74) is 4.90. The quantitative estimate of drug-likeness (QED) is 0.849. The Hall–Kier alpha value is -2.04. The Morgan fingerprint density at radius 1 is 1.00 bits per heavy atom. The van der Waals surface area contributed by atoms with Crippen molar-refractivity contribution in [1.29, 1.82) is 0 Å². The van der Waals surface area contributed by atoms with Gasteiger partial charge in [-0.1, -0.05) is 30.3 Å². The van der Waals surface area contributed by atoms with E-state index in [0.717, 1.165) is 37.4 Å². The molecule has 2 heterocycles. The van der Waals surface area contributed by atoms with Crippen LogP contribution in [0.1, 0.15) is 18.4 Å². The molecule has 4 rings (SSSR count). The van der Waals surface area contributed by atoms with Gasteiger partial charge in [0, 0.05) is 17.6 Å². The zero-order valence-electron chi connectivity index (χ0n) is 14.4. The molecule has 2 aliphatic rings. The molecule has 1 fully saturated rings. The number of hydrogen-bond donors (Lipinski definition) is 1. The minimum atomic E-state index is 0. The van der Waals surface area contributed by atoms with Gasteiger partial charge in [0.25, 0.3) is 0 Å². The van der Waals surface area contributed by atoms with E-state index in [2.05, 4.69) is 52.5 Å². The third-order valence-electron chi connectivity index (χ3n) is 5.58. The van der Waals surface area contributed by atoms with Crippen LogP contribution in [0.2, 0.25) is 0 Å². The predicted molar refractivity (Wildman–Crippen MR) is 105 cm³/mol. The smallest absolute Gasteiger partial charge is 0.211 e. The van der Waals surface area contributed by atoms with Gasteiger partial charge in [0.15, 0.2) is 0 Å². The molecular weight excluding hydrogens is 334 g/mol. The number of amides is 1. The van der Waals surface area contributed by atoms with Crippen molar-refractivity contribution in [2.24, 2.45) is 0 Å². The summed E-state index contributed by atoms with van der Waals surface area (Å²) >= 11 is 0. The van der Waals surface area contributed by atoms with Crippen LogP contribution < -0.4 is 10.2 Å². The van der Waals surface area contributed by atoms with Gasteiger partial charge in [-0.2, -0.15) is 0 Å². The van der Waals surface area contributed by atoms with Crippen molar-refractivity contribution < 1.29 is 4.79 Å². The summed E-state index contributed by atoms with van der Waals surface area (Å²) in [6.07, 6.45) is 3.12. The fraction of sp³-hybridized carbons (Fsp3) is 0.350. The Morgan fingerprint density at radius 3 is 2.36 bits per heavy atom. The highest BCUT2D eigenvalue weighted by Gasteiger charge is 2.44. The molecule has 0 saturated carbocycles. The minimum Gasteiger partial charge on any atom is -0.339 e. The summed E-state index contributed by atoms with van der Waals surface area (Å²) in [5, 5.41) is 2.85. The van der Waals surface area contributed by atoms with Crippen molar-refractivity contribution in [3.05, 3.63) is 54.1 Å². The van der Waals surface area contributed by atoms with E-state index in [9.17, 15) is 4.79 Å². The van der Waals surface area contributed by atoms with Gasteiger partial charge in [-0.05, 0) is 56.7 Å². The number of fused-ring (bicyclic) bond motifs is 2. The van der Waals surface area contributed by atoms with Gasteiger partial charge in [0.1, 0.15) is 0 Å². The van der Waals surface area contributed by atoms with Crippen molar-refractivity contribution in [2.45, 2.75) is 18.3 Å². The largest absolute Gasteiger partial charge is 0.339 e. The fourth-order valence-electron chi connectivity index (χ4n) is 4.21. The molecule has 2 aromatic carbocycles. The van der Waals surface area contributed by atoms with E-state index in [1.165, 1.54) is 24.1 Å². The summed E-state index contributed by atoms with van der Waals surface area (Å²) in [6.45, 7) is 3.25. The first-order valence-corrected chi connectivity index (χ1v) is 8.58. The normalized spacial score (nSPS) is 18.5. The molecule has 1 N–H and O–H groups in total. The molecule has 2 aliphatic heterocycles. The van der Waals surface area contributed by atoms with Gasteiger partial charge in [0.05, 0.1) is 11.4 Å². The number of halogens is 1. The molecule has 5 heteroatoms. The summed E-state index contributed by atoms with van der Waals surface area (Å²) < 4.78 is 0. The average molecular weight is 358 g/mol. The van der Waals surface area contributed by atoms with E-state index in [4.69, 9.17) is 0 Å². The molecule has 2 aromatic rings. The van der Waals surface area contributed by atoms with Crippen LogP contribution in [0.3, 0.4) is 0 Å². The number of carbonyl (C=O) groups is 1. The molecule has 0 atom stereocenters. The monoisotopic (exact) mass is 357 g/mol. The van der Waals surface area contributed by atoms with E-state index in [0.29, 0.717) is 0 Å². The number of nitrogens with one attached hydrogen (secondary N) is 1. The zero-order chi connectivity index (χ0) is 16.6. The van der Waals surface area contributed by atoms with Gasteiger partial charge in [0.2, 0.25) is 6.41 Å². The van der Waals surface area contributed by atoms with Crippen LogP contribution in [0.15, 0.2) is 48.5 Å². The molecule has 0 aromatic heterocycles. The first-order valence-electron chi connectivity index (χ1n) is 8.58. The second kappa shape index (κ2) is 7.06. The molecule has 1 spiro atoms. The number of benzene rings is 2. The lowest BCUT2D eigenvalue weighted by Gasteiger charge is -2.38. The summed E-state index contributed by atoms with van der Waals surface area (Å²) in [5.74, 6) is 0. The molecule has 1 saturated heterocycles. The second-order valence-corrected chi connectivity index (χ2v) is 6.97. The summed E-state index contributed by atoms with van der Waals surface area (Å²) in [6, 6.07) is 16.8. The molecule has 1 amide bonds. The maximum absolute atomic E-state index is 11.0. The Bertz CT molecular complexity index is 756. The van der Waals surface area contributed by atoms with Gasteiger partial charge in [-0.25, -0.2) is 0 Å². The average Bonchev–Trinajstić information content (AvgIpc) is 2.93. The number of anilines is 3. The van der Waals surface area contributed by atoms with E-state index >= 15 is 0 Å². The number of nitrogens with zero attached hydrogens (tertiary/aromatic N) is 2. The molecule has 4 nitrogen and oxygen atoms in total. The van der Waals surface area contributed by atoms with E-state index in [1.807, 2.05) is 18.2 Å². The SMILES string of the molecule is CN1CCC2(CC1)CN(c1ccccc1NC=O)c1ccccc12.Cl. The third kappa shape index (κ3) is 3.00. The lowest BCUT2D eigenvalue weighted by atomic mass is 9.74. The van der Waals surface area contributed by atoms with Crippen LogP contribution in [-0.4, -0.2) is 38.0 Å². The highest BCUT2D eigenvalue weighted by Crippen LogP contribution is 2.50. The molecule has 0 aliphatic carbocycles. The summed E-state index contributed by atoms with van der Waals surface area (Å²) in [4.78, 5) is 15.8. The number of para-hydroxylation sites is 3. The first kappa shape index (κ1) is 17.8. The number of piperidine rings is 1. The maximum Gasteiger partial charge on any atom is 0.211 e. The van der Waals surface area contributed by atoms with Crippen LogP contribution in [0, 0.1) is 0 Å². The standard InChI is InChI=1S/C20H23N3O.ClH/c1-22-12-10-20(11-13-22)14-23(18-8-4-2-6-16(18)20)19-9-5-3-7-17(19)21-15-24;/h2-9,15H,10-14H2,1H3,(H,21,24);1H. The molecule has 25 heavy (non-hydrogen) atoms. The fourth-order valence-corrected chi connectivity index (χ4v) is 4.21. The number of rotatable bonds is 3. The highest BCUT2D eigenvalue weighted by molar-refractivity contribution is 5.86. The maximum atomic E-state index is 11.0. The lowest BCUT2D eigenvalue weighted by Crippen LogP contribution is -2.43. The molecule has 0 radical (unpaired) electrons.